The zero-order valence-corrected chi connectivity index (χ0v) is 15.2. The van der Waals surface area contributed by atoms with Gasteiger partial charge in [-0.05, 0) is 42.5 Å². The van der Waals surface area contributed by atoms with Gasteiger partial charge in [0.25, 0.3) is 11.1 Å². The molecule has 0 spiro atoms. The van der Waals surface area contributed by atoms with E-state index in [-0.39, 0.29) is 11.1 Å². The van der Waals surface area contributed by atoms with Gasteiger partial charge in [0.05, 0.1) is 12.0 Å². The summed E-state index contributed by atoms with van der Waals surface area (Å²) >= 11 is 4.39. The van der Waals surface area contributed by atoms with E-state index in [0.29, 0.717) is 29.6 Å². The highest BCUT2D eigenvalue weighted by Crippen LogP contribution is 2.37. The van der Waals surface area contributed by atoms with E-state index in [1.54, 1.807) is 38.3 Å². The lowest BCUT2D eigenvalue weighted by atomic mass is 10.2. The molecule has 0 radical (unpaired) electrons. The number of hydrogen-bond donors (Lipinski definition) is 0. The van der Waals surface area contributed by atoms with Crippen molar-refractivity contribution in [3.8, 4) is 11.5 Å². The average Bonchev–Trinajstić information content (AvgIpc) is 2.80. The largest absolute Gasteiger partial charge is 0.493 e. The van der Waals surface area contributed by atoms with Crippen molar-refractivity contribution in [1.82, 2.24) is 4.90 Å². The molecule has 2 rings (SSSR count). The van der Waals surface area contributed by atoms with Gasteiger partial charge in [-0.3, -0.25) is 14.5 Å². The van der Waals surface area contributed by atoms with Crippen LogP contribution in [0.25, 0.3) is 6.08 Å². The smallest absolute Gasteiger partial charge is 0.293 e. The molecule has 0 aliphatic carbocycles. The van der Waals surface area contributed by atoms with E-state index < -0.39 is 0 Å². The maximum Gasteiger partial charge on any atom is 0.293 e. The number of halogens is 1. The van der Waals surface area contributed by atoms with Crippen molar-refractivity contribution in [1.29, 1.82) is 0 Å². The Morgan fingerprint density at radius 2 is 2.09 bits per heavy atom. The lowest BCUT2D eigenvalue weighted by Gasteiger charge is -2.12. The van der Waals surface area contributed by atoms with Gasteiger partial charge in [0.1, 0.15) is 6.61 Å². The number of carbonyl (C=O) groups excluding carboxylic acids is 2. The number of likely N-dealkylation sites (N-methyl/N-ethyl adjacent to an activating group) is 1. The van der Waals surface area contributed by atoms with Crippen LogP contribution in [0, 0.1) is 0 Å². The molecule has 0 unspecified atom stereocenters. The van der Waals surface area contributed by atoms with Crippen LogP contribution in [-0.4, -0.2) is 36.3 Å². The van der Waals surface area contributed by atoms with Crippen LogP contribution in [0.4, 0.5) is 4.79 Å². The minimum Gasteiger partial charge on any atom is -0.493 e. The fourth-order valence-electron chi connectivity index (χ4n) is 2.00. The van der Waals surface area contributed by atoms with Gasteiger partial charge >= 0.3 is 0 Å². The predicted molar refractivity (Wildman–Crippen MR) is 94.7 cm³/mol. The van der Waals surface area contributed by atoms with Crippen molar-refractivity contribution in [3.05, 3.63) is 39.7 Å². The number of hydrogen-bond acceptors (Lipinski definition) is 5. The molecule has 0 aromatic heterocycles. The van der Waals surface area contributed by atoms with Crippen molar-refractivity contribution >= 4 is 44.9 Å². The second kappa shape index (κ2) is 7.70. The number of thioether (sulfide) groups is 1. The second-order valence-electron chi connectivity index (χ2n) is 4.55. The lowest BCUT2D eigenvalue weighted by molar-refractivity contribution is -0.122. The van der Waals surface area contributed by atoms with Gasteiger partial charge in [-0.25, -0.2) is 0 Å². The highest BCUT2D eigenvalue weighted by molar-refractivity contribution is 9.10. The average molecular weight is 398 g/mol. The molecule has 1 aromatic rings. The third-order valence-electron chi connectivity index (χ3n) is 3.12. The first-order valence-corrected chi connectivity index (χ1v) is 8.49. The van der Waals surface area contributed by atoms with Crippen LogP contribution < -0.4 is 9.47 Å². The normalized spacial score (nSPS) is 16.1. The zero-order valence-electron chi connectivity index (χ0n) is 12.8. The molecule has 1 fully saturated rings. The van der Waals surface area contributed by atoms with Crippen molar-refractivity contribution in [2.45, 2.75) is 6.92 Å². The van der Waals surface area contributed by atoms with Crippen LogP contribution >= 0.6 is 27.7 Å². The Morgan fingerprint density at radius 3 is 2.65 bits per heavy atom. The van der Waals surface area contributed by atoms with Crippen LogP contribution in [0.15, 0.2) is 34.2 Å². The molecule has 0 atom stereocenters. The summed E-state index contributed by atoms with van der Waals surface area (Å²) in [4.78, 5) is 25.5. The quantitative estimate of drug-likeness (QED) is 0.534. The molecule has 1 aliphatic heterocycles. The maximum atomic E-state index is 12.2. The molecular weight excluding hydrogens is 382 g/mol. The molecule has 5 nitrogen and oxygen atoms in total. The molecule has 2 amide bonds. The van der Waals surface area contributed by atoms with E-state index in [1.807, 2.05) is 0 Å². The molecule has 1 heterocycles. The number of rotatable bonds is 6. The number of carbonyl (C=O) groups is 2. The predicted octanol–water partition coefficient (Wildman–Crippen LogP) is 4.08. The number of imide groups is 1. The number of nitrogens with zero attached hydrogens (tertiary/aromatic N) is 1. The summed E-state index contributed by atoms with van der Waals surface area (Å²) in [6.45, 7) is 6.09. The van der Waals surface area contributed by atoms with Gasteiger partial charge < -0.3 is 9.47 Å². The molecule has 0 N–H and O–H groups in total. The standard InChI is InChI=1S/C16H16BrNO4S/c1-4-6-22-13-9-11(17)10(7-12(13)21-3)8-14-15(19)18(5-2)16(20)23-14/h4,7-9H,1,5-6H2,2-3H3/b14-8+. The lowest BCUT2D eigenvalue weighted by Crippen LogP contribution is -2.27. The minimum absolute atomic E-state index is 0.252. The van der Waals surface area contributed by atoms with Gasteiger partial charge in [-0.1, -0.05) is 28.6 Å². The van der Waals surface area contributed by atoms with Gasteiger partial charge in [0, 0.05) is 11.0 Å². The van der Waals surface area contributed by atoms with Crippen LogP contribution in [0.2, 0.25) is 0 Å². The number of ether oxygens (including phenoxy) is 2. The molecule has 0 saturated carbocycles. The first-order chi connectivity index (χ1) is 11.0. The third-order valence-corrected chi connectivity index (χ3v) is 4.71. The third kappa shape index (κ3) is 3.79. The van der Waals surface area contributed by atoms with E-state index >= 15 is 0 Å². The Hall–Kier alpha value is -1.73. The van der Waals surface area contributed by atoms with E-state index in [9.17, 15) is 9.59 Å². The summed E-state index contributed by atoms with van der Waals surface area (Å²) in [5.41, 5.74) is 0.731. The molecular formula is C16H16BrNO4S. The van der Waals surface area contributed by atoms with Crippen molar-refractivity contribution in [2.24, 2.45) is 0 Å². The van der Waals surface area contributed by atoms with Gasteiger partial charge in [-0.15, -0.1) is 0 Å². The van der Waals surface area contributed by atoms with Crippen LogP contribution in [0.3, 0.4) is 0 Å². The van der Waals surface area contributed by atoms with Crippen molar-refractivity contribution < 1.29 is 19.1 Å². The van der Waals surface area contributed by atoms with Gasteiger partial charge in [0.15, 0.2) is 11.5 Å². The Morgan fingerprint density at radius 1 is 1.35 bits per heavy atom. The monoisotopic (exact) mass is 397 g/mol. The molecule has 7 heteroatoms. The van der Waals surface area contributed by atoms with E-state index in [1.165, 1.54) is 4.90 Å². The van der Waals surface area contributed by atoms with Gasteiger partial charge in [-0.2, -0.15) is 0 Å². The Labute approximate surface area is 147 Å². The summed E-state index contributed by atoms with van der Waals surface area (Å²) < 4.78 is 11.6. The van der Waals surface area contributed by atoms with Crippen LogP contribution in [-0.2, 0) is 4.79 Å². The summed E-state index contributed by atoms with van der Waals surface area (Å²) in [5, 5.41) is -0.252. The Bertz CT molecular complexity index is 687. The molecule has 122 valence electrons. The van der Waals surface area contributed by atoms with Crippen molar-refractivity contribution in [2.75, 3.05) is 20.3 Å². The first-order valence-electron chi connectivity index (χ1n) is 6.88. The second-order valence-corrected chi connectivity index (χ2v) is 6.40. The molecule has 1 aliphatic rings. The summed E-state index contributed by atoms with van der Waals surface area (Å²) in [6.07, 6.45) is 3.31. The molecule has 0 bridgehead atoms. The maximum absolute atomic E-state index is 12.2. The fourth-order valence-corrected chi connectivity index (χ4v) is 3.33. The van der Waals surface area contributed by atoms with E-state index in [0.717, 1.165) is 21.8 Å². The number of amides is 2. The van der Waals surface area contributed by atoms with Crippen molar-refractivity contribution in [3.63, 3.8) is 0 Å². The number of methoxy groups -OCH3 is 1. The topological polar surface area (TPSA) is 55.8 Å². The van der Waals surface area contributed by atoms with Gasteiger partial charge in [0.2, 0.25) is 0 Å². The van der Waals surface area contributed by atoms with E-state index in [2.05, 4.69) is 22.5 Å². The Balaban J connectivity index is 2.37. The minimum atomic E-state index is -0.277. The SMILES string of the molecule is C=CCOc1cc(Br)c(/C=C2/SC(=O)N(CC)C2=O)cc1OC. The zero-order chi connectivity index (χ0) is 17.0. The highest BCUT2D eigenvalue weighted by atomic mass is 79.9. The first kappa shape index (κ1) is 17.6. The summed E-state index contributed by atoms with van der Waals surface area (Å²) in [5.74, 6) is 0.828. The van der Waals surface area contributed by atoms with Crippen LogP contribution in [0.5, 0.6) is 11.5 Å². The molecule has 1 aromatic carbocycles. The van der Waals surface area contributed by atoms with Crippen LogP contribution in [0.1, 0.15) is 12.5 Å². The summed E-state index contributed by atoms with van der Waals surface area (Å²) in [6, 6.07) is 3.51. The summed E-state index contributed by atoms with van der Waals surface area (Å²) in [7, 11) is 1.54. The molecule has 23 heavy (non-hydrogen) atoms. The molecule has 1 saturated heterocycles. The number of benzene rings is 1. The van der Waals surface area contributed by atoms with E-state index in [4.69, 9.17) is 9.47 Å². The highest BCUT2D eigenvalue weighted by Gasteiger charge is 2.33. The fraction of sp³-hybridized carbons (Fsp3) is 0.250. The Kier molecular flexibility index (Phi) is 5.90.